The minimum atomic E-state index is 0.294. The van der Waals surface area contributed by atoms with Gasteiger partial charge in [0.15, 0.2) is 11.5 Å². The van der Waals surface area contributed by atoms with E-state index < -0.39 is 0 Å². The van der Waals surface area contributed by atoms with E-state index in [1.54, 1.807) is 19.9 Å². The lowest BCUT2D eigenvalue weighted by Crippen LogP contribution is -2.11. The molecule has 0 aliphatic rings. The number of oxime groups is 2. The third-order valence-corrected chi connectivity index (χ3v) is 1.54. The van der Waals surface area contributed by atoms with Crippen LogP contribution in [0.3, 0.4) is 0 Å². The van der Waals surface area contributed by atoms with Crippen LogP contribution >= 0.6 is 0 Å². The lowest BCUT2D eigenvalue weighted by Gasteiger charge is -1.97. The van der Waals surface area contributed by atoms with Gasteiger partial charge in [0.2, 0.25) is 0 Å². The van der Waals surface area contributed by atoms with Crippen LogP contribution in [0.1, 0.15) is 18.4 Å². The first-order chi connectivity index (χ1) is 6.69. The Hall–Kier alpha value is -1.85. The molecule has 0 aliphatic carbocycles. The smallest absolute Gasteiger partial charge is 0.190 e. The second kappa shape index (κ2) is 4.40. The Bertz CT molecular complexity index is 368. The van der Waals surface area contributed by atoms with Crippen LogP contribution in [0.5, 0.6) is 0 Å². The van der Waals surface area contributed by atoms with Gasteiger partial charge < -0.3 is 14.6 Å². The quantitative estimate of drug-likeness (QED) is 0.448. The molecular formula is C8H11N3O3. The van der Waals surface area contributed by atoms with E-state index in [1.165, 1.54) is 7.11 Å². The Morgan fingerprint density at radius 3 is 2.79 bits per heavy atom. The van der Waals surface area contributed by atoms with Crippen LogP contribution < -0.4 is 0 Å². The first-order valence-electron chi connectivity index (χ1n) is 3.93. The molecule has 1 rings (SSSR count). The molecule has 14 heavy (non-hydrogen) atoms. The van der Waals surface area contributed by atoms with Crippen molar-refractivity contribution in [2.24, 2.45) is 10.3 Å². The van der Waals surface area contributed by atoms with Crippen molar-refractivity contribution in [2.45, 2.75) is 13.8 Å². The minimum absolute atomic E-state index is 0.294. The normalized spacial score (nSPS) is 13.1. The summed E-state index contributed by atoms with van der Waals surface area (Å²) >= 11 is 0. The number of aryl methyl sites for hydroxylation is 1. The number of aromatic nitrogens is 1. The van der Waals surface area contributed by atoms with E-state index >= 15 is 0 Å². The van der Waals surface area contributed by atoms with Crippen LogP contribution in [-0.2, 0) is 4.84 Å². The molecule has 0 fully saturated rings. The summed E-state index contributed by atoms with van der Waals surface area (Å²) in [7, 11) is 1.40. The molecule has 0 aliphatic heterocycles. The van der Waals surface area contributed by atoms with Gasteiger partial charge in [-0.2, -0.15) is 0 Å². The highest BCUT2D eigenvalue weighted by Gasteiger charge is 2.14. The Morgan fingerprint density at radius 2 is 2.36 bits per heavy atom. The van der Waals surface area contributed by atoms with Crippen molar-refractivity contribution in [1.29, 1.82) is 0 Å². The molecule has 0 amide bonds. The Balaban J connectivity index is 3.07. The van der Waals surface area contributed by atoms with Crippen LogP contribution in [0.2, 0.25) is 0 Å². The third kappa shape index (κ3) is 2.09. The molecule has 76 valence electrons. The van der Waals surface area contributed by atoms with Crippen molar-refractivity contribution in [1.82, 2.24) is 5.16 Å². The van der Waals surface area contributed by atoms with Crippen LogP contribution in [0, 0.1) is 6.92 Å². The molecule has 1 N–H and O–H groups in total. The van der Waals surface area contributed by atoms with E-state index in [0.717, 1.165) is 5.69 Å². The topological polar surface area (TPSA) is 80.2 Å². The molecule has 0 aromatic carbocycles. The molecule has 0 saturated carbocycles. The minimum Gasteiger partial charge on any atom is -0.411 e. The predicted octanol–water partition coefficient (Wildman–Crippen LogP) is 1.18. The SMILES string of the molecule is CO/N=C(\C(C)=N\O)c1cc(C)no1. The molecule has 1 aromatic heterocycles. The van der Waals surface area contributed by atoms with Crippen LogP contribution in [0.15, 0.2) is 20.9 Å². The zero-order valence-corrected chi connectivity index (χ0v) is 8.18. The van der Waals surface area contributed by atoms with Gasteiger partial charge in [-0.3, -0.25) is 0 Å². The summed E-state index contributed by atoms with van der Waals surface area (Å²) in [6, 6.07) is 1.67. The van der Waals surface area contributed by atoms with Gasteiger partial charge in [0.05, 0.1) is 5.69 Å². The molecule has 1 heterocycles. The first-order valence-corrected chi connectivity index (χ1v) is 3.93. The molecule has 0 bridgehead atoms. The van der Waals surface area contributed by atoms with E-state index in [1.807, 2.05) is 0 Å². The van der Waals surface area contributed by atoms with Crippen LogP contribution in [0.4, 0.5) is 0 Å². The van der Waals surface area contributed by atoms with Crippen molar-refractivity contribution >= 4 is 11.4 Å². The summed E-state index contributed by atoms with van der Waals surface area (Å²) in [5, 5.41) is 19.0. The van der Waals surface area contributed by atoms with E-state index in [0.29, 0.717) is 17.2 Å². The van der Waals surface area contributed by atoms with Crippen LogP contribution in [-0.4, -0.2) is 28.9 Å². The first kappa shape index (κ1) is 10.2. The van der Waals surface area contributed by atoms with Gasteiger partial charge in [0.25, 0.3) is 0 Å². The van der Waals surface area contributed by atoms with Crippen LogP contribution in [0.25, 0.3) is 0 Å². The standard InChI is InChI=1S/C8H11N3O3/c1-5-4-7(14-10-5)8(11-13-3)6(2)9-12/h4,12H,1-3H3/b9-6+,11-8+. The van der Waals surface area contributed by atoms with Crippen molar-refractivity contribution in [3.8, 4) is 0 Å². The molecule has 0 saturated heterocycles. The molecule has 6 heteroatoms. The highest BCUT2D eigenvalue weighted by molar-refractivity contribution is 6.46. The van der Waals surface area contributed by atoms with Gasteiger partial charge in [-0.05, 0) is 13.8 Å². The maximum absolute atomic E-state index is 8.59. The predicted molar refractivity (Wildman–Crippen MR) is 49.7 cm³/mol. The third-order valence-electron chi connectivity index (χ3n) is 1.54. The highest BCUT2D eigenvalue weighted by atomic mass is 16.6. The van der Waals surface area contributed by atoms with Gasteiger partial charge in [-0.15, -0.1) is 0 Å². The molecule has 1 aromatic rings. The van der Waals surface area contributed by atoms with E-state index in [-0.39, 0.29) is 0 Å². The monoisotopic (exact) mass is 197 g/mol. The van der Waals surface area contributed by atoms with Gasteiger partial charge in [0, 0.05) is 6.07 Å². The number of hydrogen-bond donors (Lipinski definition) is 1. The lowest BCUT2D eigenvalue weighted by molar-refractivity contribution is 0.213. The fourth-order valence-electron chi connectivity index (χ4n) is 0.903. The van der Waals surface area contributed by atoms with Crippen molar-refractivity contribution in [3.63, 3.8) is 0 Å². The van der Waals surface area contributed by atoms with E-state index in [4.69, 9.17) is 9.73 Å². The van der Waals surface area contributed by atoms with Crippen molar-refractivity contribution < 1.29 is 14.6 Å². The zero-order valence-electron chi connectivity index (χ0n) is 8.18. The summed E-state index contributed by atoms with van der Waals surface area (Å²) < 4.78 is 4.95. The largest absolute Gasteiger partial charge is 0.411 e. The van der Waals surface area contributed by atoms with E-state index in [2.05, 4.69) is 20.3 Å². The summed E-state index contributed by atoms with van der Waals surface area (Å²) in [5.41, 5.74) is 1.33. The lowest BCUT2D eigenvalue weighted by atomic mass is 10.2. The van der Waals surface area contributed by atoms with Crippen molar-refractivity contribution in [2.75, 3.05) is 7.11 Å². The number of hydrogen-bond acceptors (Lipinski definition) is 6. The molecule has 0 spiro atoms. The maximum atomic E-state index is 8.59. The summed E-state index contributed by atoms with van der Waals surface area (Å²) in [4.78, 5) is 4.60. The molecule has 0 unspecified atom stereocenters. The second-order valence-electron chi connectivity index (χ2n) is 2.64. The zero-order chi connectivity index (χ0) is 10.6. The van der Waals surface area contributed by atoms with Gasteiger partial charge in [-0.1, -0.05) is 15.5 Å². The van der Waals surface area contributed by atoms with Gasteiger partial charge in [0.1, 0.15) is 12.8 Å². The number of nitrogens with zero attached hydrogens (tertiary/aromatic N) is 3. The van der Waals surface area contributed by atoms with Crippen molar-refractivity contribution in [3.05, 3.63) is 17.5 Å². The fraction of sp³-hybridized carbons (Fsp3) is 0.375. The molecule has 0 atom stereocenters. The summed E-state index contributed by atoms with van der Waals surface area (Å²) in [5.74, 6) is 0.402. The maximum Gasteiger partial charge on any atom is 0.190 e. The Labute approximate surface area is 80.8 Å². The molecule has 6 nitrogen and oxygen atoms in total. The Morgan fingerprint density at radius 1 is 1.64 bits per heavy atom. The average Bonchev–Trinajstić information content (AvgIpc) is 2.60. The van der Waals surface area contributed by atoms with E-state index in [9.17, 15) is 0 Å². The highest BCUT2D eigenvalue weighted by Crippen LogP contribution is 2.06. The molecule has 0 radical (unpaired) electrons. The average molecular weight is 197 g/mol. The summed E-state index contributed by atoms with van der Waals surface area (Å²) in [6.45, 7) is 3.36. The second-order valence-corrected chi connectivity index (χ2v) is 2.64. The Kier molecular flexibility index (Phi) is 3.22. The number of rotatable bonds is 3. The van der Waals surface area contributed by atoms with Gasteiger partial charge in [-0.25, -0.2) is 0 Å². The summed E-state index contributed by atoms with van der Waals surface area (Å²) in [6.07, 6.45) is 0. The fourth-order valence-corrected chi connectivity index (χ4v) is 0.903. The molecular weight excluding hydrogens is 186 g/mol. The van der Waals surface area contributed by atoms with Gasteiger partial charge >= 0.3 is 0 Å².